The molecule has 1 atom stereocenters. The van der Waals surface area contributed by atoms with E-state index >= 15 is 0 Å². The van der Waals surface area contributed by atoms with Gasteiger partial charge in [0.15, 0.2) is 0 Å². The Balaban J connectivity index is 2.32. The molecule has 0 aliphatic carbocycles. The SMILES string of the molecule is COCCCC(CCc1ccc(OC)cc1)NN. The fourth-order valence-corrected chi connectivity index (χ4v) is 1.92. The summed E-state index contributed by atoms with van der Waals surface area (Å²) >= 11 is 0. The van der Waals surface area contributed by atoms with Gasteiger partial charge in [0, 0.05) is 19.8 Å². The predicted molar refractivity (Wildman–Crippen MR) is 73.5 cm³/mol. The summed E-state index contributed by atoms with van der Waals surface area (Å²) in [7, 11) is 3.40. The molecule has 0 bridgehead atoms. The van der Waals surface area contributed by atoms with E-state index in [4.69, 9.17) is 15.3 Å². The molecular weight excluding hydrogens is 228 g/mol. The highest BCUT2D eigenvalue weighted by Gasteiger charge is 2.06. The maximum absolute atomic E-state index is 5.55. The minimum atomic E-state index is 0.349. The Morgan fingerprint density at radius 3 is 2.44 bits per heavy atom. The van der Waals surface area contributed by atoms with Gasteiger partial charge in [-0.1, -0.05) is 12.1 Å². The first-order valence-corrected chi connectivity index (χ1v) is 6.38. The van der Waals surface area contributed by atoms with Gasteiger partial charge < -0.3 is 9.47 Å². The number of benzene rings is 1. The van der Waals surface area contributed by atoms with Crippen LogP contribution in [0.15, 0.2) is 24.3 Å². The molecule has 0 aromatic heterocycles. The summed E-state index contributed by atoms with van der Waals surface area (Å²) in [6.07, 6.45) is 4.13. The molecule has 18 heavy (non-hydrogen) atoms. The zero-order valence-corrected chi connectivity index (χ0v) is 11.3. The summed E-state index contributed by atoms with van der Waals surface area (Å²) in [6, 6.07) is 8.53. The van der Waals surface area contributed by atoms with Crippen LogP contribution in [0.25, 0.3) is 0 Å². The van der Waals surface area contributed by atoms with Crippen molar-refractivity contribution in [3.8, 4) is 5.75 Å². The maximum Gasteiger partial charge on any atom is 0.118 e. The second-order valence-electron chi connectivity index (χ2n) is 4.39. The molecule has 4 nitrogen and oxygen atoms in total. The monoisotopic (exact) mass is 252 g/mol. The van der Waals surface area contributed by atoms with Crippen LogP contribution in [0.1, 0.15) is 24.8 Å². The van der Waals surface area contributed by atoms with E-state index in [0.717, 1.165) is 38.0 Å². The van der Waals surface area contributed by atoms with E-state index in [9.17, 15) is 0 Å². The Kier molecular flexibility index (Phi) is 7.41. The fourth-order valence-electron chi connectivity index (χ4n) is 1.92. The predicted octanol–water partition coefficient (Wildman–Crippen LogP) is 1.89. The van der Waals surface area contributed by atoms with Crippen LogP contribution in [0.5, 0.6) is 5.75 Å². The van der Waals surface area contributed by atoms with Crippen molar-refractivity contribution in [2.45, 2.75) is 31.7 Å². The molecule has 0 aliphatic heterocycles. The first-order chi connectivity index (χ1) is 8.80. The van der Waals surface area contributed by atoms with Crippen LogP contribution in [0.3, 0.4) is 0 Å². The molecule has 0 fully saturated rings. The van der Waals surface area contributed by atoms with E-state index in [2.05, 4.69) is 17.6 Å². The number of nitrogens with two attached hydrogens (primary N) is 1. The van der Waals surface area contributed by atoms with E-state index in [1.807, 2.05) is 12.1 Å². The third-order valence-electron chi connectivity index (χ3n) is 3.08. The lowest BCUT2D eigenvalue weighted by atomic mass is 10.0. The molecule has 3 N–H and O–H groups in total. The van der Waals surface area contributed by atoms with Gasteiger partial charge in [0.1, 0.15) is 5.75 Å². The molecule has 4 heteroatoms. The molecule has 0 spiro atoms. The minimum absolute atomic E-state index is 0.349. The van der Waals surface area contributed by atoms with E-state index in [0.29, 0.717) is 6.04 Å². The summed E-state index contributed by atoms with van der Waals surface area (Å²) in [5.74, 6) is 6.45. The van der Waals surface area contributed by atoms with Gasteiger partial charge >= 0.3 is 0 Å². The van der Waals surface area contributed by atoms with Crippen molar-refractivity contribution in [3.05, 3.63) is 29.8 Å². The van der Waals surface area contributed by atoms with E-state index in [-0.39, 0.29) is 0 Å². The molecule has 1 aromatic rings. The summed E-state index contributed by atoms with van der Waals surface area (Å²) in [6.45, 7) is 0.792. The second-order valence-corrected chi connectivity index (χ2v) is 4.39. The number of methoxy groups -OCH3 is 2. The van der Waals surface area contributed by atoms with Crippen molar-refractivity contribution >= 4 is 0 Å². The van der Waals surface area contributed by atoms with E-state index < -0.39 is 0 Å². The van der Waals surface area contributed by atoms with Crippen molar-refractivity contribution in [1.82, 2.24) is 5.43 Å². The lowest BCUT2D eigenvalue weighted by molar-refractivity contribution is 0.188. The zero-order valence-electron chi connectivity index (χ0n) is 11.3. The molecule has 0 aliphatic rings. The average Bonchev–Trinajstić information content (AvgIpc) is 2.43. The van der Waals surface area contributed by atoms with Crippen LogP contribution < -0.4 is 16.0 Å². The first kappa shape index (κ1) is 15.0. The van der Waals surface area contributed by atoms with Gasteiger partial charge in [0.25, 0.3) is 0 Å². The van der Waals surface area contributed by atoms with E-state index in [1.165, 1.54) is 5.56 Å². The Bertz CT molecular complexity index is 314. The molecule has 0 saturated carbocycles. The third kappa shape index (κ3) is 5.49. The van der Waals surface area contributed by atoms with Crippen molar-refractivity contribution in [2.75, 3.05) is 20.8 Å². The molecule has 1 aromatic carbocycles. The lowest BCUT2D eigenvalue weighted by Crippen LogP contribution is -2.35. The summed E-state index contributed by atoms with van der Waals surface area (Å²) in [5.41, 5.74) is 4.18. The molecule has 0 heterocycles. The molecule has 0 radical (unpaired) electrons. The molecule has 1 unspecified atom stereocenters. The Morgan fingerprint density at radius 1 is 1.17 bits per heavy atom. The van der Waals surface area contributed by atoms with Crippen LogP contribution in [-0.4, -0.2) is 26.9 Å². The van der Waals surface area contributed by atoms with Crippen LogP contribution in [-0.2, 0) is 11.2 Å². The summed E-state index contributed by atoms with van der Waals surface area (Å²) < 4.78 is 10.2. The largest absolute Gasteiger partial charge is 0.497 e. The van der Waals surface area contributed by atoms with Gasteiger partial charge in [0.05, 0.1) is 7.11 Å². The highest BCUT2D eigenvalue weighted by molar-refractivity contribution is 5.27. The molecule has 1 rings (SSSR count). The quantitative estimate of drug-likeness (QED) is 0.400. The zero-order chi connectivity index (χ0) is 13.2. The van der Waals surface area contributed by atoms with Crippen LogP contribution in [0.2, 0.25) is 0 Å². The van der Waals surface area contributed by atoms with Crippen molar-refractivity contribution in [3.63, 3.8) is 0 Å². The topological polar surface area (TPSA) is 56.5 Å². The smallest absolute Gasteiger partial charge is 0.118 e. The minimum Gasteiger partial charge on any atom is -0.497 e. The van der Waals surface area contributed by atoms with Crippen molar-refractivity contribution in [1.29, 1.82) is 0 Å². The number of ether oxygens (including phenoxy) is 2. The molecule has 0 amide bonds. The number of rotatable bonds is 9. The number of hydrogen-bond donors (Lipinski definition) is 2. The van der Waals surface area contributed by atoms with Gasteiger partial charge in [-0.3, -0.25) is 11.3 Å². The number of hydrogen-bond acceptors (Lipinski definition) is 4. The fraction of sp³-hybridized carbons (Fsp3) is 0.571. The normalized spacial score (nSPS) is 12.4. The highest BCUT2D eigenvalue weighted by Crippen LogP contribution is 2.14. The Labute approximate surface area is 109 Å². The average molecular weight is 252 g/mol. The maximum atomic E-state index is 5.55. The van der Waals surface area contributed by atoms with Gasteiger partial charge in [-0.05, 0) is 43.4 Å². The van der Waals surface area contributed by atoms with Crippen molar-refractivity contribution in [2.24, 2.45) is 5.84 Å². The van der Waals surface area contributed by atoms with E-state index in [1.54, 1.807) is 14.2 Å². The van der Waals surface area contributed by atoms with Crippen LogP contribution in [0, 0.1) is 0 Å². The second kappa shape index (κ2) is 8.91. The standard InChI is InChI=1S/C14H24N2O2/c1-17-11-3-4-13(16-15)8-5-12-6-9-14(18-2)10-7-12/h6-7,9-10,13,16H,3-5,8,11,15H2,1-2H3. The Hall–Kier alpha value is -1.10. The molecule has 102 valence electrons. The molecule has 0 saturated heterocycles. The van der Waals surface area contributed by atoms with Gasteiger partial charge in [-0.25, -0.2) is 0 Å². The van der Waals surface area contributed by atoms with Crippen LogP contribution in [0.4, 0.5) is 0 Å². The summed E-state index contributed by atoms with van der Waals surface area (Å²) in [4.78, 5) is 0. The van der Waals surface area contributed by atoms with Crippen LogP contribution >= 0.6 is 0 Å². The Morgan fingerprint density at radius 2 is 1.89 bits per heavy atom. The lowest BCUT2D eigenvalue weighted by Gasteiger charge is -2.15. The number of aryl methyl sites for hydroxylation is 1. The van der Waals surface area contributed by atoms with Gasteiger partial charge in [-0.15, -0.1) is 0 Å². The first-order valence-electron chi connectivity index (χ1n) is 6.38. The number of nitrogens with one attached hydrogen (secondary N) is 1. The van der Waals surface area contributed by atoms with Gasteiger partial charge in [-0.2, -0.15) is 0 Å². The highest BCUT2D eigenvalue weighted by atomic mass is 16.5. The summed E-state index contributed by atoms with van der Waals surface area (Å²) in [5, 5.41) is 0. The van der Waals surface area contributed by atoms with Crippen molar-refractivity contribution < 1.29 is 9.47 Å². The van der Waals surface area contributed by atoms with Gasteiger partial charge in [0.2, 0.25) is 0 Å². The molecular formula is C14H24N2O2. The number of hydrazine groups is 1. The third-order valence-corrected chi connectivity index (χ3v) is 3.08.